The summed E-state index contributed by atoms with van der Waals surface area (Å²) in [4.78, 5) is 0. The van der Waals surface area contributed by atoms with Gasteiger partial charge in [0.2, 0.25) is 0 Å². The van der Waals surface area contributed by atoms with E-state index < -0.39 is 0 Å². The van der Waals surface area contributed by atoms with E-state index in [9.17, 15) is 5.11 Å². The first kappa shape index (κ1) is 20.3. The number of ether oxygens (including phenoxy) is 2. The zero-order chi connectivity index (χ0) is 18.7. The van der Waals surface area contributed by atoms with Crippen LogP contribution in [0.1, 0.15) is 47.6 Å². The maximum atomic E-state index is 10.2. The third-order valence-corrected chi connectivity index (χ3v) is 6.33. The van der Waals surface area contributed by atoms with Gasteiger partial charge < -0.3 is 14.6 Å². The lowest BCUT2D eigenvalue weighted by Crippen LogP contribution is -2.04. The fourth-order valence-corrected chi connectivity index (χ4v) is 4.02. The van der Waals surface area contributed by atoms with E-state index in [1.165, 1.54) is 16.7 Å². The Bertz CT molecular complexity index is 741. The van der Waals surface area contributed by atoms with Gasteiger partial charge >= 0.3 is 0 Å². The zero-order valence-electron chi connectivity index (χ0n) is 15.2. The highest BCUT2D eigenvalue weighted by molar-refractivity contribution is 9.11. The van der Waals surface area contributed by atoms with Gasteiger partial charge in [-0.3, -0.25) is 0 Å². The topological polar surface area (TPSA) is 38.7 Å². The third-order valence-electron chi connectivity index (χ3n) is 4.39. The molecule has 2 aromatic carbocycles. The number of phenolic OH excluding ortho intramolecular Hbond substituents is 1. The molecular formula is C20H24Br2O3. The molecule has 0 radical (unpaired) electrons. The van der Waals surface area contributed by atoms with Gasteiger partial charge in [0.15, 0.2) is 6.79 Å². The summed E-state index contributed by atoms with van der Waals surface area (Å²) in [5.41, 5.74) is 5.70. The van der Waals surface area contributed by atoms with E-state index >= 15 is 0 Å². The standard InChI is InChI=1S/C20H24Br2O3/c1-11(2)15-8-14(6-7-17(15)25-10-24-5)9-16-12(3)18(21)20(23)19(22)13(16)4/h6-8,11,23H,9-10H2,1-5H3. The van der Waals surface area contributed by atoms with Crippen molar-refractivity contribution in [2.24, 2.45) is 0 Å². The molecule has 3 nitrogen and oxygen atoms in total. The number of halogens is 2. The normalized spacial score (nSPS) is 11.2. The van der Waals surface area contributed by atoms with Crippen LogP contribution in [0.5, 0.6) is 11.5 Å². The Balaban J connectivity index is 2.43. The van der Waals surface area contributed by atoms with Gasteiger partial charge in [0.25, 0.3) is 0 Å². The summed E-state index contributed by atoms with van der Waals surface area (Å²) in [6, 6.07) is 6.30. The van der Waals surface area contributed by atoms with Crippen LogP contribution in [-0.4, -0.2) is 19.0 Å². The number of benzene rings is 2. The molecule has 0 atom stereocenters. The van der Waals surface area contributed by atoms with Gasteiger partial charge in [-0.05, 0) is 91.9 Å². The van der Waals surface area contributed by atoms with Crippen molar-refractivity contribution in [2.45, 2.75) is 40.0 Å². The van der Waals surface area contributed by atoms with E-state index in [2.05, 4.69) is 57.8 Å². The van der Waals surface area contributed by atoms with E-state index in [1.54, 1.807) is 7.11 Å². The van der Waals surface area contributed by atoms with Gasteiger partial charge in [-0.15, -0.1) is 0 Å². The van der Waals surface area contributed by atoms with Crippen LogP contribution in [0.15, 0.2) is 27.1 Å². The van der Waals surface area contributed by atoms with Gasteiger partial charge in [0.05, 0.1) is 8.95 Å². The monoisotopic (exact) mass is 470 g/mol. The predicted octanol–water partition coefficient (Wildman–Crippen LogP) is 6.23. The molecule has 0 unspecified atom stereocenters. The number of phenols is 1. The van der Waals surface area contributed by atoms with Crippen LogP contribution in [0.2, 0.25) is 0 Å². The minimum atomic E-state index is 0.245. The Labute approximate surface area is 166 Å². The Kier molecular flexibility index (Phi) is 6.94. The average Bonchev–Trinajstić information content (AvgIpc) is 2.60. The molecule has 0 aliphatic carbocycles. The molecule has 0 bridgehead atoms. The Morgan fingerprint density at radius 3 is 2.20 bits per heavy atom. The lowest BCUT2D eigenvalue weighted by molar-refractivity contribution is 0.0502. The number of methoxy groups -OCH3 is 1. The Hall–Kier alpha value is -1.04. The molecule has 0 heterocycles. The van der Waals surface area contributed by atoms with Gasteiger partial charge in [-0.2, -0.15) is 0 Å². The van der Waals surface area contributed by atoms with E-state index in [-0.39, 0.29) is 12.5 Å². The summed E-state index contributed by atoms with van der Waals surface area (Å²) in [7, 11) is 1.62. The summed E-state index contributed by atoms with van der Waals surface area (Å²) >= 11 is 6.98. The van der Waals surface area contributed by atoms with Crippen LogP contribution in [0.25, 0.3) is 0 Å². The van der Waals surface area contributed by atoms with Crippen molar-refractivity contribution in [1.82, 2.24) is 0 Å². The largest absolute Gasteiger partial charge is 0.506 e. The zero-order valence-corrected chi connectivity index (χ0v) is 18.4. The van der Waals surface area contributed by atoms with Crippen LogP contribution >= 0.6 is 31.9 Å². The quantitative estimate of drug-likeness (QED) is 0.507. The van der Waals surface area contributed by atoms with Crippen LogP contribution in [-0.2, 0) is 11.2 Å². The highest BCUT2D eigenvalue weighted by atomic mass is 79.9. The molecule has 0 aliphatic heterocycles. The van der Waals surface area contributed by atoms with E-state index in [0.717, 1.165) is 32.2 Å². The molecule has 2 rings (SSSR count). The third kappa shape index (κ3) is 4.39. The lowest BCUT2D eigenvalue weighted by atomic mass is 9.93. The maximum absolute atomic E-state index is 10.2. The second-order valence-corrected chi connectivity index (χ2v) is 8.05. The highest BCUT2D eigenvalue weighted by Gasteiger charge is 2.17. The van der Waals surface area contributed by atoms with Crippen molar-refractivity contribution in [3.8, 4) is 11.5 Å². The summed E-state index contributed by atoms with van der Waals surface area (Å²) in [5, 5.41) is 10.2. The van der Waals surface area contributed by atoms with Crippen LogP contribution < -0.4 is 4.74 Å². The van der Waals surface area contributed by atoms with Crippen molar-refractivity contribution in [2.75, 3.05) is 13.9 Å². The van der Waals surface area contributed by atoms with Crippen molar-refractivity contribution in [3.05, 3.63) is 55.0 Å². The molecule has 0 aromatic heterocycles. The smallest absolute Gasteiger partial charge is 0.188 e. The van der Waals surface area contributed by atoms with Crippen LogP contribution in [0.3, 0.4) is 0 Å². The second-order valence-electron chi connectivity index (χ2n) is 6.46. The minimum Gasteiger partial charge on any atom is -0.506 e. The molecule has 0 fully saturated rings. The van der Waals surface area contributed by atoms with Gasteiger partial charge in [0, 0.05) is 7.11 Å². The number of rotatable bonds is 6. The van der Waals surface area contributed by atoms with Crippen molar-refractivity contribution in [3.63, 3.8) is 0 Å². The molecule has 1 N–H and O–H groups in total. The fraction of sp³-hybridized carbons (Fsp3) is 0.400. The number of hydrogen-bond acceptors (Lipinski definition) is 3. The van der Waals surface area contributed by atoms with Crippen molar-refractivity contribution >= 4 is 31.9 Å². The minimum absolute atomic E-state index is 0.245. The maximum Gasteiger partial charge on any atom is 0.188 e. The first-order valence-corrected chi connectivity index (χ1v) is 9.77. The molecule has 0 spiro atoms. The summed E-state index contributed by atoms with van der Waals surface area (Å²) in [6.07, 6.45) is 0.791. The molecule has 0 amide bonds. The first-order valence-electron chi connectivity index (χ1n) is 8.18. The fourth-order valence-electron chi connectivity index (χ4n) is 2.88. The molecule has 0 saturated heterocycles. The predicted molar refractivity (Wildman–Crippen MR) is 109 cm³/mol. The number of hydrogen-bond donors (Lipinski definition) is 1. The first-order chi connectivity index (χ1) is 11.8. The van der Waals surface area contributed by atoms with Crippen molar-refractivity contribution in [1.29, 1.82) is 0 Å². The van der Waals surface area contributed by atoms with Crippen LogP contribution in [0, 0.1) is 13.8 Å². The molecule has 0 aliphatic rings. The second kappa shape index (κ2) is 8.56. The summed E-state index contributed by atoms with van der Waals surface area (Å²) < 4.78 is 12.2. The average molecular weight is 472 g/mol. The van der Waals surface area contributed by atoms with E-state index in [0.29, 0.717) is 5.92 Å². The lowest BCUT2D eigenvalue weighted by Gasteiger charge is -2.18. The van der Waals surface area contributed by atoms with Gasteiger partial charge in [0.1, 0.15) is 11.5 Å². The SMILES string of the molecule is COCOc1ccc(Cc2c(C)c(Br)c(O)c(Br)c2C)cc1C(C)C. The molecule has 5 heteroatoms. The molecule has 0 saturated carbocycles. The summed E-state index contributed by atoms with van der Waals surface area (Å²) in [6.45, 7) is 8.61. The summed E-state index contributed by atoms with van der Waals surface area (Å²) in [5.74, 6) is 1.47. The molecule has 136 valence electrons. The molecular weight excluding hydrogens is 448 g/mol. The van der Waals surface area contributed by atoms with Crippen LogP contribution in [0.4, 0.5) is 0 Å². The highest BCUT2D eigenvalue weighted by Crippen LogP contribution is 2.41. The molecule has 2 aromatic rings. The van der Waals surface area contributed by atoms with Gasteiger partial charge in [-0.1, -0.05) is 26.0 Å². The number of aromatic hydroxyl groups is 1. The Morgan fingerprint density at radius 2 is 1.68 bits per heavy atom. The Morgan fingerprint density at radius 1 is 1.08 bits per heavy atom. The van der Waals surface area contributed by atoms with E-state index in [4.69, 9.17) is 9.47 Å². The van der Waals surface area contributed by atoms with E-state index in [1.807, 2.05) is 19.9 Å². The molecule has 25 heavy (non-hydrogen) atoms. The van der Waals surface area contributed by atoms with Crippen molar-refractivity contribution < 1.29 is 14.6 Å². The van der Waals surface area contributed by atoms with Gasteiger partial charge in [-0.25, -0.2) is 0 Å².